The number of H-pyrrole nitrogens is 1. The lowest BCUT2D eigenvalue weighted by Crippen LogP contribution is -2.44. The summed E-state index contributed by atoms with van der Waals surface area (Å²) in [4.78, 5) is 15.4. The summed E-state index contributed by atoms with van der Waals surface area (Å²) < 4.78 is 5.83. The summed E-state index contributed by atoms with van der Waals surface area (Å²) >= 11 is 0. The second-order valence-corrected chi connectivity index (χ2v) is 7.58. The first kappa shape index (κ1) is 17.1. The van der Waals surface area contributed by atoms with Crippen LogP contribution in [0.15, 0.2) is 30.5 Å². The molecule has 2 aliphatic carbocycles. The van der Waals surface area contributed by atoms with E-state index in [-0.39, 0.29) is 18.1 Å². The molecule has 138 valence electrons. The quantitative estimate of drug-likeness (QED) is 0.860. The molecule has 1 fully saturated rings. The zero-order valence-corrected chi connectivity index (χ0v) is 15.6. The molecule has 26 heavy (non-hydrogen) atoms. The van der Waals surface area contributed by atoms with Gasteiger partial charge in [0.1, 0.15) is 5.75 Å². The highest BCUT2D eigenvalue weighted by molar-refractivity contribution is 5.95. The second-order valence-electron chi connectivity index (χ2n) is 7.58. The third kappa shape index (κ3) is 3.48. The molecule has 1 N–H and O–H groups in total. The molecule has 4 rings (SSSR count). The summed E-state index contributed by atoms with van der Waals surface area (Å²) in [5, 5.41) is 7.24. The molecule has 0 bridgehead atoms. The molecular weight excluding hydrogens is 326 g/mol. The Labute approximate surface area is 154 Å². The predicted octanol–water partition coefficient (Wildman–Crippen LogP) is 3.75. The van der Waals surface area contributed by atoms with Crippen molar-refractivity contribution in [3.05, 3.63) is 47.3 Å². The van der Waals surface area contributed by atoms with Crippen molar-refractivity contribution >= 4 is 5.91 Å². The Kier molecular flexibility index (Phi) is 4.70. The van der Waals surface area contributed by atoms with Crippen LogP contribution in [-0.2, 0) is 12.8 Å². The van der Waals surface area contributed by atoms with Gasteiger partial charge in [0.2, 0.25) is 0 Å². The number of nitrogens with one attached hydrogen (secondary N) is 1. The maximum atomic E-state index is 13.2. The smallest absolute Gasteiger partial charge is 0.254 e. The van der Waals surface area contributed by atoms with Crippen molar-refractivity contribution < 1.29 is 9.53 Å². The molecule has 0 radical (unpaired) electrons. The standard InChI is InChI=1S/C21H27N3O2/c1-3-14(2)26-19-9-4-15(5-10-19)21(25)24(17-6-7-17)18-8-11-20-16(12-18)13-22-23-20/h4-5,9-10,13-14,17-18H,3,6-8,11-12H2,1-2H3,(H,22,23)/t14-,18?/m0/s1. The van der Waals surface area contributed by atoms with Crippen molar-refractivity contribution in [1.29, 1.82) is 0 Å². The van der Waals surface area contributed by atoms with E-state index < -0.39 is 0 Å². The molecule has 2 aliphatic rings. The van der Waals surface area contributed by atoms with Gasteiger partial charge in [-0.2, -0.15) is 5.10 Å². The first-order valence-corrected chi connectivity index (χ1v) is 9.76. The molecule has 5 heteroatoms. The number of ether oxygens (including phenoxy) is 1. The number of nitrogens with zero attached hydrogens (tertiary/aromatic N) is 2. The van der Waals surface area contributed by atoms with E-state index in [4.69, 9.17) is 4.74 Å². The molecule has 1 heterocycles. The van der Waals surface area contributed by atoms with Gasteiger partial charge in [-0.15, -0.1) is 0 Å². The number of carbonyl (C=O) groups is 1. The lowest BCUT2D eigenvalue weighted by atomic mass is 9.92. The summed E-state index contributed by atoms with van der Waals surface area (Å²) in [5.41, 5.74) is 3.25. The van der Waals surface area contributed by atoms with Gasteiger partial charge in [0, 0.05) is 23.3 Å². The van der Waals surface area contributed by atoms with Gasteiger partial charge in [-0.05, 0) is 75.3 Å². The molecule has 2 aromatic rings. The Balaban J connectivity index is 1.49. The van der Waals surface area contributed by atoms with Gasteiger partial charge in [-0.3, -0.25) is 9.89 Å². The van der Waals surface area contributed by atoms with Crippen LogP contribution < -0.4 is 4.74 Å². The number of fused-ring (bicyclic) bond motifs is 1. The van der Waals surface area contributed by atoms with E-state index >= 15 is 0 Å². The van der Waals surface area contributed by atoms with Crippen LogP contribution >= 0.6 is 0 Å². The van der Waals surface area contributed by atoms with Gasteiger partial charge < -0.3 is 9.64 Å². The van der Waals surface area contributed by atoms with Crippen LogP contribution in [0.3, 0.4) is 0 Å². The second kappa shape index (κ2) is 7.14. The summed E-state index contributed by atoms with van der Waals surface area (Å²) in [6, 6.07) is 8.32. The number of rotatable bonds is 6. The van der Waals surface area contributed by atoms with E-state index in [2.05, 4.69) is 28.9 Å². The number of aryl methyl sites for hydroxylation is 1. The van der Waals surface area contributed by atoms with Gasteiger partial charge in [0.25, 0.3) is 5.91 Å². The van der Waals surface area contributed by atoms with Crippen LogP contribution in [-0.4, -0.2) is 39.2 Å². The van der Waals surface area contributed by atoms with Crippen molar-refractivity contribution in [3.63, 3.8) is 0 Å². The van der Waals surface area contributed by atoms with Gasteiger partial charge >= 0.3 is 0 Å². The summed E-state index contributed by atoms with van der Waals surface area (Å²) in [6.07, 6.45) is 8.19. The number of benzene rings is 1. The molecule has 1 aromatic heterocycles. The van der Waals surface area contributed by atoms with Gasteiger partial charge in [0.15, 0.2) is 0 Å². The van der Waals surface area contributed by atoms with Crippen LogP contribution in [0.5, 0.6) is 5.75 Å². The molecule has 1 amide bonds. The van der Waals surface area contributed by atoms with E-state index in [0.717, 1.165) is 49.8 Å². The molecule has 1 saturated carbocycles. The SMILES string of the molecule is CC[C@H](C)Oc1ccc(C(=O)N(C2CC2)C2CCc3[nH]ncc3C2)cc1. The fourth-order valence-corrected chi connectivity index (χ4v) is 3.76. The van der Waals surface area contributed by atoms with Crippen molar-refractivity contribution in [2.45, 2.75) is 70.6 Å². The largest absolute Gasteiger partial charge is 0.491 e. The number of aromatic amines is 1. The Morgan fingerprint density at radius 2 is 2.04 bits per heavy atom. The molecule has 5 nitrogen and oxygen atoms in total. The number of aromatic nitrogens is 2. The maximum Gasteiger partial charge on any atom is 0.254 e. The maximum absolute atomic E-state index is 13.2. The van der Waals surface area contributed by atoms with Crippen LogP contribution in [0.25, 0.3) is 0 Å². The summed E-state index contributed by atoms with van der Waals surface area (Å²) in [5.74, 6) is 0.981. The molecule has 1 unspecified atom stereocenters. The van der Waals surface area contributed by atoms with E-state index in [1.54, 1.807) is 0 Å². The number of carbonyl (C=O) groups excluding carboxylic acids is 1. The fourth-order valence-electron chi connectivity index (χ4n) is 3.76. The van der Waals surface area contributed by atoms with E-state index in [1.165, 1.54) is 11.3 Å². The zero-order valence-electron chi connectivity index (χ0n) is 15.6. The minimum Gasteiger partial charge on any atom is -0.491 e. The number of amides is 1. The highest BCUT2D eigenvalue weighted by atomic mass is 16.5. The monoisotopic (exact) mass is 353 g/mol. The van der Waals surface area contributed by atoms with E-state index in [9.17, 15) is 4.79 Å². The van der Waals surface area contributed by atoms with Gasteiger partial charge in [-0.1, -0.05) is 6.92 Å². The Hall–Kier alpha value is -2.30. The normalized spacial score (nSPS) is 20.3. The van der Waals surface area contributed by atoms with Gasteiger partial charge in [0.05, 0.1) is 12.3 Å². The highest BCUT2D eigenvalue weighted by Gasteiger charge is 2.39. The van der Waals surface area contributed by atoms with Crippen molar-refractivity contribution in [3.8, 4) is 5.75 Å². The van der Waals surface area contributed by atoms with Crippen LogP contribution in [0, 0.1) is 0 Å². The summed E-state index contributed by atoms with van der Waals surface area (Å²) in [7, 11) is 0. The first-order chi connectivity index (χ1) is 12.7. The Morgan fingerprint density at radius 1 is 1.27 bits per heavy atom. The zero-order chi connectivity index (χ0) is 18.1. The third-order valence-corrected chi connectivity index (χ3v) is 5.57. The lowest BCUT2D eigenvalue weighted by molar-refractivity contribution is 0.0642. The first-order valence-electron chi connectivity index (χ1n) is 9.76. The molecule has 0 spiro atoms. The van der Waals surface area contributed by atoms with E-state index in [0.29, 0.717) is 6.04 Å². The van der Waals surface area contributed by atoms with E-state index in [1.807, 2.05) is 30.5 Å². The van der Waals surface area contributed by atoms with Crippen LogP contribution in [0.2, 0.25) is 0 Å². The van der Waals surface area contributed by atoms with Gasteiger partial charge in [-0.25, -0.2) is 0 Å². The lowest BCUT2D eigenvalue weighted by Gasteiger charge is -2.34. The molecular formula is C21H27N3O2. The van der Waals surface area contributed by atoms with Crippen molar-refractivity contribution in [2.24, 2.45) is 0 Å². The van der Waals surface area contributed by atoms with Crippen LogP contribution in [0.4, 0.5) is 0 Å². The van der Waals surface area contributed by atoms with Crippen molar-refractivity contribution in [1.82, 2.24) is 15.1 Å². The third-order valence-electron chi connectivity index (χ3n) is 5.57. The Bertz CT molecular complexity index is 764. The molecule has 0 saturated heterocycles. The fraction of sp³-hybridized carbons (Fsp3) is 0.524. The average molecular weight is 353 g/mol. The molecule has 2 atom stereocenters. The van der Waals surface area contributed by atoms with Crippen molar-refractivity contribution in [2.75, 3.05) is 0 Å². The predicted molar refractivity (Wildman–Crippen MR) is 100 cm³/mol. The minimum atomic E-state index is 0.152. The average Bonchev–Trinajstić information content (AvgIpc) is 3.38. The highest BCUT2D eigenvalue weighted by Crippen LogP contribution is 2.34. The number of hydrogen-bond donors (Lipinski definition) is 1. The topological polar surface area (TPSA) is 58.2 Å². The summed E-state index contributed by atoms with van der Waals surface area (Å²) in [6.45, 7) is 4.16. The number of hydrogen-bond acceptors (Lipinski definition) is 3. The molecule has 1 aromatic carbocycles. The molecule has 0 aliphatic heterocycles. The Morgan fingerprint density at radius 3 is 2.73 bits per heavy atom. The van der Waals surface area contributed by atoms with Crippen LogP contribution in [0.1, 0.15) is 61.1 Å². The minimum absolute atomic E-state index is 0.152.